The van der Waals surface area contributed by atoms with Crippen molar-refractivity contribution < 1.29 is 4.79 Å². The van der Waals surface area contributed by atoms with Crippen molar-refractivity contribution in [2.75, 3.05) is 5.43 Å². The van der Waals surface area contributed by atoms with Gasteiger partial charge in [0.05, 0.1) is 5.54 Å². The maximum atomic E-state index is 11.9. The molecule has 1 amide bonds. The number of hydrogen-bond donors (Lipinski definition) is 2. The van der Waals surface area contributed by atoms with Crippen molar-refractivity contribution in [2.45, 2.75) is 38.6 Å². The minimum absolute atomic E-state index is 0.0730. The average Bonchev–Trinajstić information content (AvgIpc) is 2.45. The standard InChI is InChI=1S/C11H17N3O/c1-8-4-5-9(2)14(8)13-10(15)11(12)6-3-7-11/h4-5H,3,6-7,12H2,1-2H3,(H,13,15). The van der Waals surface area contributed by atoms with Crippen molar-refractivity contribution in [3.8, 4) is 0 Å². The topological polar surface area (TPSA) is 60.0 Å². The molecule has 0 bridgehead atoms. The molecule has 4 nitrogen and oxygen atoms in total. The molecular weight excluding hydrogens is 190 g/mol. The summed E-state index contributed by atoms with van der Waals surface area (Å²) in [6, 6.07) is 3.94. The first-order valence-corrected chi connectivity index (χ1v) is 5.28. The summed E-state index contributed by atoms with van der Waals surface area (Å²) in [5, 5.41) is 0. The highest BCUT2D eigenvalue weighted by Crippen LogP contribution is 2.29. The van der Waals surface area contributed by atoms with E-state index in [1.54, 1.807) is 4.68 Å². The Labute approximate surface area is 89.4 Å². The molecule has 2 rings (SSSR count). The molecule has 1 aliphatic carbocycles. The summed E-state index contributed by atoms with van der Waals surface area (Å²) < 4.78 is 1.79. The van der Waals surface area contributed by atoms with Crippen LogP contribution in [0.25, 0.3) is 0 Å². The molecule has 0 aromatic carbocycles. The Morgan fingerprint density at radius 2 is 1.93 bits per heavy atom. The molecule has 0 saturated heterocycles. The fourth-order valence-corrected chi connectivity index (χ4v) is 1.84. The Balaban J connectivity index is 2.12. The molecule has 0 unspecified atom stereocenters. The average molecular weight is 207 g/mol. The number of carbonyl (C=O) groups excluding carboxylic acids is 1. The number of nitrogens with zero attached hydrogens (tertiary/aromatic N) is 1. The maximum absolute atomic E-state index is 11.9. The van der Waals surface area contributed by atoms with Crippen LogP contribution in [-0.4, -0.2) is 16.1 Å². The number of rotatable bonds is 2. The molecule has 1 aromatic rings. The lowest BCUT2D eigenvalue weighted by Gasteiger charge is -2.36. The van der Waals surface area contributed by atoms with Gasteiger partial charge in [-0.1, -0.05) is 0 Å². The normalized spacial score (nSPS) is 18.3. The number of nitrogens with two attached hydrogens (primary N) is 1. The molecule has 1 fully saturated rings. The summed E-state index contributed by atoms with van der Waals surface area (Å²) in [6.07, 6.45) is 2.63. The third kappa shape index (κ3) is 1.65. The van der Waals surface area contributed by atoms with E-state index in [1.807, 2.05) is 26.0 Å². The first-order valence-electron chi connectivity index (χ1n) is 5.28. The number of amides is 1. The predicted molar refractivity (Wildman–Crippen MR) is 59.0 cm³/mol. The lowest BCUT2D eigenvalue weighted by atomic mass is 9.77. The monoisotopic (exact) mass is 207 g/mol. The highest BCUT2D eigenvalue weighted by molar-refractivity contribution is 5.93. The van der Waals surface area contributed by atoms with Crippen LogP contribution in [0.4, 0.5) is 0 Å². The number of aromatic nitrogens is 1. The van der Waals surface area contributed by atoms with Crippen LogP contribution in [0.5, 0.6) is 0 Å². The molecule has 3 N–H and O–H groups in total. The van der Waals surface area contributed by atoms with Crippen LogP contribution in [-0.2, 0) is 4.79 Å². The minimum Gasteiger partial charge on any atom is -0.317 e. The Morgan fingerprint density at radius 3 is 2.33 bits per heavy atom. The van der Waals surface area contributed by atoms with Gasteiger partial charge in [0.2, 0.25) is 0 Å². The fraction of sp³-hybridized carbons (Fsp3) is 0.545. The number of carbonyl (C=O) groups is 1. The molecular formula is C11H17N3O. The van der Waals surface area contributed by atoms with E-state index in [-0.39, 0.29) is 5.91 Å². The Morgan fingerprint density at radius 1 is 1.40 bits per heavy atom. The van der Waals surface area contributed by atoms with Gasteiger partial charge in [-0.2, -0.15) is 0 Å². The Kier molecular flexibility index (Phi) is 2.31. The molecule has 4 heteroatoms. The van der Waals surface area contributed by atoms with Crippen molar-refractivity contribution in [2.24, 2.45) is 5.73 Å². The molecule has 1 saturated carbocycles. The van der Waals surface area contributed by atoms with Gasteiger partial charge in [-0.25, -0.2) is 0 Å². The maximum Gasteiger partial charge on any atom is 0.258 e. The predicted octanol–water partition coefficient (Wildman–Crippen LogP) is 1.06. The van der Waals surface area contributed by atoms with E-state index in [1.165, 1.54) is 0 Å². The largest absolute Gasteiger partial charge is 0.317 e. The van der Waals surface area contributed by atoms with Gasteiger partial charge < -0.3 is 5.73 Å². The first kappa shape index (κ1) is 10.2. The number of nitrogens with one attached hydrogen (secondary N) is 1. The second kappa shape index (κ2) is 3.38. The third-order valence-electron chi connectivity index (χ3n) is 3.18. The second-order valence-electron chi connectivity index (χ2n) is 4.40. The van der Waals surface area contributed by atoms with E-state index in [0.29, 0.717) is 0 Å². The zero-order valence-corrected chi connectivity index (χ0v) is 9.21. The van der Waals surface area contributed by atoms with Gasteiger partial charge in [0.1, 0.15) is 0 Å². The zero-order valence-electron chi connectivity index (χ0n) is 9.21. The van der Waals surface area contributed by atoms with Crippen molar-refractivity contribution in [3.63, 3.8) is 0 Å². The summed E-state index contributed by atoms with van der Waals surface area (Å²) in [5.74, 6) is -0.0730. The highest BCUT2D eigenvalue weighted by atomic mass is 16.2. The SMILES string of the molecule is Cc1ccc(C)n1NC(=O)C1(N)CCC1. The van der Waals surface area contributed by atoms with Crippen LogP contribution in [0.15, 0.2) is 12.1 Å². The van der Waals surface area contributed by atoms with Crippen LogP contribution in [0.3, 0.4) is 0 Å². The molecule has 1 aliphatic rings. The van der Waals surface area contributed by atoms with Gasteiger partial charge >= 0.3 is 0 Å². The molecule has 82 valence electrons. The van der Waals surface area contributed by atoms with E-state index in [9.17, 15) is 4.79 Å². The highest BCUT2D eigenvalue weighted by Gasteiger charge is 2.40. The fourth-order valence-electron chi connectivity index (χ4n) is 1.84. The van der Waals surface area contributed by atoms with Crippen molar-refractivity contribution in [3.05, 3.63) is 23.5 Å². The number of hydrogen-bond acceptors (Lipinski definition) is 2. The van der Waals surface area contributed by atoms with Crippen LogP contribution in [0.1, 0.15) is 30.7 Å². The second-order valence-corrected chi connectivity index (χ2v) is 4.40. The molecule has 1 heterocycles. The third-order valence-corrected chi connectivity index (χ3v) is 3.18. The molecule has 0 spiro atoms. The molecule has 15 heavy (non-hydrogen) atoms. The lowest BCUT2D eigenvalue weighted by molar-refractivity contribution is -0.124. The van der Waals surface area contributed by atoms with Crippen LogP contribution >= 0.6 is 0 Å². The van der Waals surface area contributed by atoms with Crippen molar-refractivity contribution in [1.29, 1.82) is 0 Å². The van der Waals surface area contributed by atoms with Crippen molar-refractivity contribution in [1.82, 2.24) is 4.68 Å². The number of aryl methyl sites for hydroxylation is 2. The van der Waals surface area contributed by atoms with Gasteiger partial charge in [-0.3, -0.25) is 14.9 Å². The lowest BCUT2D eigenvalue weighted by Crippen LogP contribution is -2.57. The molecule has 0 radical (unpaired) electrons. The van der Waals surface area contributed by atoms with E-state index in [4.69, 9.17) is 5.73 Å². The van der Waals surface area contributed by atoms with Gasteiger partial charge in [0.25, 0.3) is 5.91 Å². The molecule has 0 aliphatic heterocycles. The van der Waals surface area contributed by atoms with Crippen LogP contribution in [0.2, 0.25) is 0 Å². The summed E-state index contributed by atoms with van der Waals surface area (Å²) in [7, 11) is 0. The Bertz CT molecular complexity index is 371. The zero-order chi connectivity index (χ0) is 11.1. The van der Waals surface area contributed by atoms with Gasteiger partial charge in [-0.05, 0) is 45.2 Å². The van der Waals surface area contributed by atoms with Crippen LogP contribution < -0.4 is 11.2 Å². The summed E-state index contributed by atoms with van der Waals surface area (Å²) in [4.78, 5) is 11.9. The van der Waals surface area contributed by atoms with E-state index >= 15 is 0 Å². The van der Waals surface area contributed by atoms with Crippen LogP contribution in [0, 0.1) is 13.8 Å². The van der Waals surface area contributed by atoms with E-state index in [0.717, 1.165) is 30.7 Å². The quantitative estimate of drug-likeness (QED) is 0.761. The van der Waals surface area contributed by atoms with Gasteiger partial charge in [-0.15, -0.1) is 0 Å². The van der Waals surface area contributed by atoms with Crippen molar-refractivity contribution >= 4 is 5.91 Å². The van der Waals surface area contributed by atoms with Gasteiger partial charge in [0.15, 0.2) is 0 Å². The minimum atomic E-state index is -0.636. The summed E-state index contributed by atoms with van der Waals surface area (Å²) >= 11 is 0. The Hall–Kier alpha value is -1.29. The van der Waals surface area contributed by atoms with Gasteiger partial charge in [0, 0.05) is 11.4 Å². The first-order chi connectivity index (χ1) is 7.03. The van der Waals surface area contributed by atoms with E-state index in [2.05, 4.69) is 5.43 Å². The molecule has 1 aromatic heterocycles. The summed E-state index contributed by atoms with van der Waals surface area (Å²) in [5.41, 5.74) is 10.2. The molecule has 0 atom stereocenters. The summed E-state index contributed by atoms with van der Waals surface area (Å²) in [6.45, 7) is 3.91. The van der Waals surface area contributed by atoms with E-state index < -0.39 is 5.54 Å². The smallest absolute Gasteiger partial charge is 0.258 e.